The van der Waals surface area contributed by atoms with Crippen LogP contribution in [0.5, 0.6) is 0 Å². The van der Waals surface area contributed by atoms with Crippen molar-refractivity contribution in [1.82, 2.24) is 10.3 Å². The largest absolute Gasteiger partial charge is 0.375 e. The summed E-state index contributed by atoms with van der Waals surface area (Å²) < 4.78 is 23.5. The van der Waals surface area contributed by atoms with E-state index in [1.54, 1.807) is 26.8 Å². The maximum atomic E-state index is 12.2. The van der Waals surface area contributed by atoms with Gasteiger partial charge in [0.25, 0.3) is 0 Å². The van der Waals surface area contributed by atoms with Gasteiger partial charge in [0.05, 0.1) is 23.2 Å². The van der Waals surface area contributed by atoms with Gasteiger partial charge in [0.2, 0.25) is 5.91 Å². The molecule has 0 saturated heterocycles. The van der Waals surface area contributed by atoms with Crippen LogP contribution >= 0.6 is 0 Å². The number of nitrogens with one attached hydrogen (secondary N) is 2. The first kappa shape index (κ1) is 17.4. The standard InChI is InChI=1S/C14H23N3O3S/c1-5-8-15-12(18)10-16-11-6-7-13(17-9-11)21(19,20)14(2,3)4/h6-7,9,16H,5,8,10H2,1-4H3,(H,15,18). The summed E-state index contributed by atoms with van der Waals surface area (Å²) in [4.78, 5) is 15.4. The molecular formula is C14H23N3O3S. The van der Waals surface area contributed by atoms with Crippen LogP contribution in [0.1, 0.15) is 34.1 Å². The number of hydrogen-bond donors (Lipinski definition) is 2. The van der Waals surface area contributed by atoms with Crippen molar-refractivity contribution >= 4 is 21.4 Å². The Bertz CT molecular complexity index is 574. The number of rotatable bonds is 6. The van der Waals surface area contributed by atoms with E-state index in [0.717, 1.165) is 6.42 Å². The average molecular weight is 313 g/mol. The zero-order valence-corrected chi connectivity index (χ0v) is 13.8. The molecule has 1 amide bonds. The molecule has 6 nitrogen and oxygen atoms in total. The van der Waals surface area contributed by atoms with Crippen molar-refractivity contribution in [2.24, 2.45) is 0 Å². The summed E-state index contributed by atoms with van der Waals surface area (Å²) in [5, 5.41) is 5.68. The second-order valence-electron chi connectivity index (χ2n) is 5.70. The fourth-order valence-electron chi connectivity index (χ4n) is 1.47. The van der Waals surface area contributed by atoms with Crippen LogP contribution in [0.15, 0.2) is 23.4 Å². The number of carbonyl (C=O) groups excluding carboxylic acids is 1. The molecule has 0 saturated carbocycles. The van der Waals surface area contributed by atoms with Gasteiger partial charge in [-0.25, -0.2) is 13.4 Å². The molecule has 0 bridgehead atoms. The van der Waals surface area contributed by atoms with Crippen molar-refractivity contribution in [3.63, 3.8) is 0 Å². The maximum Gasteiger partial charge on any atom is 0.239 e. The highest BCUT2D eigenvalue weighted by Gasteiger charge is 2.31. The number of pyridine rings is 1. The van der Waals surface area contributed by atoms with Crippen LogP contribution in [0.3, 0.4) is 0 Å². The Morgan fingerprint density at radius 1 is 1.29 bits per heavy atom. The van der Waals surface area contributed by atoms with Crippen molar-refractivity contribution in [2.45, 2.75) is 43.9 Å². The molecule has 21 heavy (non-hydrogen) atoms. The van der Waals surface area contributed by atoms with Gasteiger partial charge in [-0.05, 0) is 39.3 Å². The normalized spacial score (nSPS) is 12.0. The first-order chi connectivity index (χ1) is 9.68. The number of aromatic nitrogens is 1. The van der Waals surface area contributed by atoms with Crippen molar-refractivity contribution < 1.29 is 13.2 Å². The van der Waals surface area contributed by atoms with Gasteiger partial charge in [0, 0.05) is 6.54 Å². The first-order valence-corrected chi connectivity index (χ1v) is 8.38. The Balaban J connectivity index is 2.69. The van der Waals surface area contributed by atoms with Crippen LogP contribution in [0.4, 0.5) is 5.69 Å². The highest BCUT2D eigenvalue weighted by atomic mass is 32.2. The Labute approximate surface area is 126 Å². The third-order valence-electron chi connectivity index (χ3n) is 2.84. The quantitative estimate of drug-likeness (QED) is 0.832. The molecule has 0 aliphatic heterocycles. The summed E-state index contributed by atoms with van der Waals surface area (Å²) in [5.41, 5.74) is 0.606. The molecule has 0 radical (unpaired) electrons. The third-order valence-corrected chi connectivity index (χ3v) is 5.25. The van der Waals surface area contributed by atoms with Crippen molar-refractivity contribution in [3.8, 4) is 0 Å². The monoisotopic (exact) mass is 313 g/mol. The molecule has 1 aromatic heterocycles. The van der Waals surface area contributed by atoms with Crippen LogP contribution in [0, 0.1) is 0 Å². The van der Waals surface area contributed by atoms with Crippen LogP contribution in [0.25, 0.3) is 0 Å². The predicted molar refractivity (Wildman–Crippen MR) is 83.0 cm³/mol. The lowest BCUT2D eigenvalue weighted by Crippen LogP contribution is -2.30. The van der Waals surface area contributed by atoms with Gasteiger partial charge in [-0.15, -0.1) is 0 Å². The van der Waals surface area contributed by atoms with Crippen LogP contribution in [-0.4, -0.2) is 37.1 Å². The van der Waals surface area contributed by atoms with E-state index in [1.165, 1.54) is 12.3 Å². The van der Waals surface area contributed by atoms with Crippen LogP contribution in [0.2, 0.25) is 0 Å². The number of hydrogen-bond acceptors (Lipinski definition) is 5. The summed E-state index contributed by atoms with van der Waals surface area (Å²) in [5.74, 6) is -0.108. The Morgan fingerprint density at radius 3 is 2.43 bits per heavy atom. The molecule has 0 atom stereocenters. The summed E-state index contributed by atoms with van der Waals surface area (Å²) in [7, 11) is -3.45. The van der Waals surface area contributed by atoms with Gasteiger partial charge < -0.3 is 10.6 Å². The molecule has 0 unspecified atom stereocenters. The molecule has 0 spiro atoms. The fourth-order valence-corrected chi connectivity index (χ4v) is 2.53. The summed E-state index contributed by atoms with van der Waals surface area (Å²) >= 11 is 0. The highest BCUT2D eigenvalue weighted by Crippen LogP contribution is 2.23. The molecule has 1 aromatic rings. The lowest BCUT2D eigenvalue weighted by atomic mass is 10.3. The van der Waals surface area contributed by atoms with Crippen molar-refractivity contribution in [1.29, 1.82) is 0 Å². The average Bonchev–Trinajstić information content (AvgIpc) is 2.42. The molecule has 0 aliphatic carbocycles. The molecule has 0 aliphatic rings. The van der Waals surface area contributed by atoms with Crippen molar-refractivity contribution in [3.05, 3.63) is 18.3 Å². The van der Waals surface area contributed by atoms with Gasteiger partial charge in [-0.3, -0.25) is 4.79 Å². The second-order valence-corrected chi connectivity index (χ2v) is 8.35. The number of amides is 1. The van der Waals surface area contributed by atoms with Gasteiger partial charge in [-0.1, -0.05) is 6.92 Å². The topological polar surface area (TPSA) is 88.2 Å². The van der Waals surface area contributed by atoms with Crippen LogP contribution in [-0.2, 0) is 14.6 Å². The molecular weight excluding hydrogens is 290 g/mol. The van der Waals surface area contributed by atoms with Gasteiger partial charge in [0.1, 0.15) is 0 Å². The van der Waals surface area contributed by atoms with Gasteiger partial charge in [-0.2, -0.15) is 0 Å². The van der Waals surface area contributed by atoms with E-state index in [9.17, 15) is 13.2 Å². The van der Waals surface area contributed by atoms with E-state index in [4.69, 9.17) is 0 Å². The summed E-state index contributed by atoms with van der Waals surface area (Å²) in [6, 6.07) is 3.06. The molecule has 1 heterocycles. The minimum Gasteiger partial charge on any atom is -0.375 e. The molecule has 2 N–H and O–H groups in total. The van der Waals surface area contributed by atoms with Crippen LogP contribution < -0.4 is 10.6 Å². The smallest absolute Gasteiger partial charge is 0.239 e. The lowest BCUT2D eigenvalue weighted by molar-refractivity contribution is -0.119. The number of anilines is 1. The Morgan fingerprint density at radius 2 is 1.95 bits per heavy atom. The van der Waals surface area contributed by atoms with E-state index in [-0.39, 0.29) is 17.5 Å². The van der Waals surface area contributed by atoms with E-state index in [2.05, 4.69) is 15.6 Å². The SMILES string of the molecule is CCCNC(=O)CNc1ccc(S(=O)(=O)C(C)(C)C)nc1. The minimum atomic E-state index is -3.45. The van der Waals surface area contributed by atoms with E-state index in [1.807, 2.05) is 6.92 Å². The molecule has 0 fully saturated rings. The second kappa shape index (κ2) is 6.89. The molecule has 118 valence electrons. The maximum absolute atomic E-state index is 12.2. The number of nitrogens with zero attached hydrogens (tertiary/aromatic N) is 1. The Kier molecular flexibility index (Phi) is 5.71. The third kappa shape index (κ3) is 4.70. The zero-order valence-electron chi connectivity index (χ0n) is 12.9. The molecule has 0 aromatic carbocycles. The molecule has 1 rings (SSSR count). The van der Waals surface area contributed by atoms with E-state index >= 15 is 0 Å². The lowest BCUT2D eigenvalue weighted by Gasteiger charge is -2.18. The minimum absolute atomic E-state index is 0.0379. The van der Waals surface area contributed by atoms with Crippen molar-refractivity contribution in [2.75, 3.05) is 18.4 Å². The highest BCUT2D eigenvalue weighted by molar-refractivity contribution is 7.92. The van der Waals surface area contributed by atoms with Gasteiger partial charge in [0.15, 0.2) is 14.9 Å². The fraction of sp³-hybridized carbons (Fsp3) is 0.571. The Hall–Kier alpha value is -1.63. The predicted octanol–water partition coefficient (Wildman–Crippen LogP) is 1.59. The number of carbonyl (C=O) groups is 1. The molecule has 7 heteroatoms. The van der Waals surface area contributed by atoms with E-state index in [0.29, 0.717) is 12.2 Å². The zero-order chi connectivity index (χ0) is 16.1. The summed E-state index contributed by atoms with van der Waals surface area (Å²) in [6.45, 7) is 7.65. The first-order valence-electron chi connectivity index (χ1n) is 6.89. The summed E-state index contributed by atoms with van der Waals surface area (Å²) in [6.07, 6.45) is 2.30. The number of sulfone groups is 1. The van der Waals surface area contributed by atoms with Gasteiger partial charge >= 0.3 is 0 Å². The van der Waals surface area contributed by atoms with E-state index < -0.39 is 14.6 Å².